The molecule has 0 aliphatic carbocycles. The molecule has 1 aromatic carbocycles. The molecule has 1 amide bonds. The monoisotopic (exact) mass is 289 g/mol. The van der Waals surface area contributed by atoms with Crippen molar-refractivity contribution >= 4 is 11.9 Å². The van der Waals surface area contributed by atoms with E-state index in [1.165, 1.54) is 16.7 Å². The molecule has 0 saturated carbocycles. The first-order valence-corrected chi connectivity index (χ1v) is 7.49. The summed E-state index contributed by atoms with van der Waals surface area (Å²) >= 11 is 0. The standard InChI is InChI=1S/C17H23NO3/c1-5-6-13-15(21-17(13)20)16(19)18-9-14-11(3)7-10(2)8-12(14)4/h7-8,13,15H,5-6,9H2,1-4H3,(H,18,19)/t13?,15-/m1/s1. The Balaban J connectivity index is 1.98. The Hall–Kier alpha value is -1.84. The zero-order valence-electron chi connectivity index (χ0n) is 13.2. The molecule has 1 unspecified atom stereocenters. The van der Waals surface area contributed by atoms with Crippen LogP contribution in [0.3, 0.4) is 0 Å². The van der Waals surface area contributed by atoms with Crippen LogP contribution in [0.4, 0.5) is 0 Å². The average Bonchev–Trinajstić information content (AvgIpc) is 2.40. The van der Waals surface area contributed by atoms with E-state index in [-0.39, 0.29) is 17.8 Å². The van der Waals surface area contributed by atoms with Crippen molar-refractivity contribution in [1.29, 1.82) is 0 Å². The van der Waals surface area contributed by atoms with E-state index in [1.807, 2.05) is 20.8 Å². The summed E-state index contributed by atoms with van der Waals surface area (Å²) in [5, 5.41) is 2.89. The molecule has 0 bridgehead atoms. The molecule has 1 heterocycles. The number of carbonyl (C=O) groups excluding carboxylic acids is 2. The van der Waals surface area contributed by atoms with Crippen molar-refractivity contribution in [2.24, 2.45) is 5.92 Å². The van der Waals surface area contributed by atoms with Crippen LogP contribution in [0.15, 0.2) is 12.1 Å². The van der Waals surface area contributed by atoms with Crippen molar-refractivity contribution < 1.29 is 14.3 Å². The molecule has 2 rings (SSSR count). The van der Waals surface area contributed by atoms with Crippen LogP contribution in [0.1, 0.15) is 42.0 Å². The molecular formula is C17H23NO3. The lowest BCUT2D eigenvalue weighted by atomic mass is 9.91. The predicted molar refractivity (Wildman–Crippen MR) is 80.8 cm³/mol. The normalized spacial score (nSPS) is 20.7. The van der Waals surface area contributed by atoms with E-state index in [9.17, 15) is 9.59 Å². The SMILES string of the molecule is CCCC1C(=O)O[C@H]1C(=O)NCc1c(C)cc(C)cc1C. The Morgan fingerprint density at radius 3 is 2.38 bits per heavy atom. The van der Waals surface area contributed by atoms with Gasteiger partial charge in [-0.25, -0.2) is 0 Å². The molecule has 1 aromatic rings. The second-order valence-corrected chi connectivity index (χ2v) is 5.85. The number of nitrogens with one attached hydrogen (secondary N) is 1. The molecule has 1 aliphatic heterocycles. The summed E-state index contributed by atoms with van der Waals surface area (Å²) in [6.45, 7) is 8.63. The van der Waals surface area contributed by atoms with Gasteiger partial charge in [-0.1, -0.05) is 31.0 Å². The first-order valence-electron chi connectivity index (χ1n) is 7.49. The number of aryl methyl sites for hydroxylation is 3. The van der Waals surface area contributed by atoms with Gasteiger partial charge in [0.25, 0.3) is 5.91 Å². The predicted octanol–water partition coefficient (Wildman–Crippen LogP) is 2.57. The van der Waals surface area contributed by atoms with Crippen molar-refractivity contribution in [3.63, 3.8) is 0 Å². The van der Waals surface area contributed by atoms with Crippen molar-refractivity contribution in [3.05, 3.63) is 34.4 Å². The number of ether oxygens (including phenoxy) is 1. The lowest BCUT2D eigenvalue weighted by molar-refractivity contribution is -0.189. The highest BCUT2D eigenvalue weighted by atomic mass is 16.6. The van der Waals surface area contributed by atoms with Crippen LogP contribution < -0.4 is 5.32 Å². The number of amides is 1. The molecule has 2 atom stereocenters. The summed E-state index contributed by atoms with van der Waals surface area (Å²) in [6, 6.07) is 4.22. The second-order valence-electron chi connectivity index (χ2n) is 5.85. The quantitative estimate of drug-likeness (QED) is 0.848. The van der Waals surface area contributed by atoms with Crippen LogP contribution in [0.5, 0.6) is 0 Å². The molecule has 0 spiro atoms. The first kappa shape index (κ1) is 15.5. The fraction of sp³-hybridized carbons (Fsp3) is 0.529. The minimum absolute atomic E-state index is 0.188. The van der Waals surface area contributed by atoms with Crippen molar-refractivity contribution in [3.8, 4) is 0 Å². The molecular weight excluding hydrogens is 266 g/mol. The van der Waals surface area contributed by atoms with Gasteiger partial charge in [0.15, 0.2) is 6.10 Å². The van der Waals surface area contributed by atoms with Gasteiger partial charge in [0.2, 0.25) is 0 Å². The van der Waals surface area contributed by atoms with Crippen molar-refractivity contribution in [2.45, 2.75) is 53.2 Å². The first-order chi connectivity index (χ1) is 9.93. The van der Waals surface area contributed by atoms with Crippen LogP contribution in [0.2, 0.25) is 0 Å². The van der Waals surface area contributed by atoms with Crippen molar-refractivity contribution in [2.75, 3.05) is 0 Å². The largest absolute Gasteiger partial charge is 0.451 e. The maximum Gasteiger partial charge on any atom is 0.314 e. The third-order valence-corrected chi connectivity index (χ3v) is 4.05. The van der Waals surface area contributed by atoms with E-state index in [4.69, 9.17) is 4.74 Å². The topological polar surface area (TPSA) is 55.4 Å². The van der Waals surface area contributed by atoms with Crippen LogP contribution >= 0.6 is 0 Å². The summed E-state index contributed by atoms with van der Waals surface area (Å²) in [6.07, 6.45) is 0.975. The molecule has 4 nitrogen and oxygen atoms in total. The van der Waals surface area contributed by atoms with Gasteiger partial charge < -0.3 is 10.1 Å². The summed E-state index contributed by atoms with van der Waals surface area (Å²) in [4.78, 5) is 23.5. The van der Waals surface area contributed by atoms with Crippen molar-refractivity contribution in [1.82, 2.24) is 5.32 Å². The van der Waals surface area contributed by atoms with E-state index in [0.29, 0.717) is 13.0 Å². The number of carbonyl (C=O) groups is 2. The van der Waals surface area contributed by atoms with Gasteiger partial charge in [0.05, 0.1) is 0 Å². The highest BCUT2D eigenvalue weighted by Gasteiger charge is 2.46. The number of benzene rings is 1. The van der Waals surface area contributed by atoms with Gasteiger partial charge in [-0.2, -0.15) is 0 Å². The molecule has 1 fully saturated rings. The summed E-state index contributed by atoms with van der Waals surface area (Å²) in [5.41, 5.74) is 4.69. The van der Waals surface area contributed by atoms with E-state index < -0.39 is 6.10 Å². The third-order valence-electron chi connectivity index (χ3n) is 4.05. The number of esters is 1. The molecule has 21 heavy (non-hydrogen) atoms. The molecule has 1 aliphatic rings. The lowest BCUT2D eigenvalue weighted by Crippen LogP contribution is -2.53. The minimum Gasteiger partial charge on any atom is -0.451 e. The van der Waals surface area contributed by atoms with Gasteiger partial charge in [-0.05, 0) is 43.9 Å². The van der Waals surface area contributed by atoms with E-state index >= 15 is 0 Å². The van der Waals surface area contributed by atoms with Gasteiger partial charge in [-0.3, -0.25) is 9.59 Å². The molecule has 114 valence electrons. The van der Waals surface area contributed by atoms with E-state index in [2.05, 4.69) is 24.4 Å². The maximum atomic E-state index is 12.1. The minimum atomic E-state index is -0.608. The van der Waals surface area contributed by atoms with Gasteiger partial charge in [0, 0.05) is 6.54 Å². The Labute approximate surface area is 125 Å². The third kappa shape index (κ3) is 3.26. The molecule has 1 saturated heterocycles. The van der Waals surface area contributed by atoms with Crippen LogP contribution in [0.25, 0.3) is 0 Å². The maximum absolute atomic E-state index is 12.1. The van der Waals surface area contributed by atoms with Crippen LogP contribution in [-0.2, 0) is 20.9 Å². The number of hydrogen-bond donors (Lipinski definition) is 1. The smallest absolute Gasteiger partial charge is 0.314 e. The van der Waals surface area contributed by atoms with E-state index in [0.717, 1.165) is 12.0 Å². The Morgan fingerprint density at radius 1 is 1.24 bits per heavy atom. The summed E-state index contributed by atoms with van der Waals surface area (Å²) < 4.78 is 4.98. The summed E-state index contributed by atoms with van der Waals surface area (Å²) in [5.74, 6) is -0.706. The molecule has 1 N–H and O–H groups in total. The molecule has 0 aromatic heterocycles. The average molecular weight is 289 g/mol. The van der Waals surface area contributed by atoms with Gasteiger partial charge in [0.1, 0.15) is 5.92 Å². The number of hydrogen-bond acceptors (Lipinski definition) is 3. The van der Waals surface area contributed by atoms with Crippen LogP contribution in [-0.4, -0.2) is 18.0 Å². The van der Waals surface area contributed by atoms with Gasteiger partial charge >= 0.3 is 5.97 Å². The lowest BCUT2D eigenvalue weighted by Gasteiger charge is -2.33. The fourth-order valence-electron chi connectivity index (χ4n) is 2.93. The second kappa shape index (κ2) is 6.29. The molecule has 0 radical (unpaired) electrons. The van der Waals surface area contributed by atoms with E-state index in [1.54, 1.807) is 0 Å². The molecule has 4 heteroatoms. The number of rotatable bonds is 5. The highest BCUT2D eigenvalue weighted by molar-refractivity contribution is 5.94. The Morgan fingerprint density at radius 2 is 1.86 bits per heavy atom. The van der Waals surface area contributed by atoms with Gasteiger partial charge in [-0.15, -0.1) is 0 Å². The zero-order chi connectivity index (χ0) is 15.6. The summed E-state index contributed by atoms with van der Waals surface area (Å²) in [7, 11) is 0. The zero-order valence-corrected chi connectivity index (χ0v) is 13.2. The van der Waals surface area contributed by atoms with Crippen LogP contribution in [0, 0.1) is 26.7 Å². The number of cyclic esters (lactones) is 1. The highest BCUT2D eigenvalue weighted by Crippen LogP contribution is 2.27. The fourth-order valence-corrected chi connectivity index (χ4v) is 2.93. The Kier molecular flexibility index (Phi) is 4.66. The Bertz CT molecular complexity index is 542.